The Hall–Kier alpha value is -5.87. The average Bonchev–Trinajstić information content (AvgIpc) is 3.60. The fraction of sp³-hybridized carbons (Fsp3) is 0.0714. The Morgan fingerprint density at radius 1 is 0.435 bits per heavy atom. The molecule has 0 atom stereocenters. The lowest BCUT2D eigenvalue weighted by Crippen LogP contribution is -2.14. The number of hydrogen-bond acceptors (Lipinski definition) is 4. The molecule has 0 amide bonds. The summed E-state index contributed by atoms with van der Waals surface area (Å²) in [7, 11) is 0. The van der Waals surface area contributed by atoms with Gasteiger partial charge in [0.1, 0.15) is 11.2 Å². The quantitative estimate of drug-likeness (QED) is 0.204. The predicted octanol–water partition coefficient (Wildman–Crippen LogP) is 10.7. The average molecular weight is 592 g/mol. The fourth-order valence-corrected chi connectivity index (χ4v) is 7.02. The summed E-state index contributed by atoms with van der Waals surface area (Å²) in [5.41, 5.74) is 12.1. The maximum absolute atomic E-state index is 6.41. The first-order chi connectivity index (χ1) is 22.5. The van der Waals surface area contributed by atoms with E-state index in [-0.39, 0.29) is 5.41 Å². The number of nitrogens with zero attached hydrogens (tertiary/aromatic N) is 3. The standard InChI is InChI=1S/C42H29N3O/c1-42(2)34-18-10-9-16-30(34)32-24-28(20-22-35(32)42)29-21-23-36-33(25-29)38-31(17-11-19-37(38)46-36)41-44-39(26-12-5-3-6-13-26)43-40(45-41)27-14-7-4-8-15-27/h3-25H,1-2H3. The number of hydrogen-bond donors (Lipinski definition) is 0. The fourth-order valence-electron chi connectivity index (χ4n) is 7.02. The van der Waals surface area contributed by atoms with Crippen LogP contribution in [-0.2, 0) is 5.41 Å². The Morgan fingerprint density at radius 2 is 1.02 bits per heavy atom. The molecule has 0 saturated carbocycles. The zero-order chi connectivity index (χ0) is 30.8. The topological polar surface area (TPSA) is 51.8 Å². The SMILES string of the molecule is CC1(C)c2ccccc2-c2cc(-c3ccc4oc5cccc(-c6nc(-c7ccccc7)nc(-c7ccccc7)n6)c5c4c3)ccc21. The van der Waals surface area contributed by atoms with Crippen LogP contribution in [0.25, 0.3) is 78.4 Å². The van der Waals surface area contributed by atoms with Gasteiger partial charge in [0.15, 0.2) is 17.5 Å². The number of fused-ring (bicyclic) bond motifs is 6. The first-order valence-corrected chi connectivity index (χ1v) is 15.6. The molecule has 1 aliphatic carbocycles. The van der Waals surface area contributed by atoms with E-state index in [1.807, 2.05) is 72.8 Å². The molecule has 0 unspecified atom stereocenters. The van der Waals surface area contributed by atoms with E-state index >= 15 is 0 Å². The number of benzene rings is 6. The summed E-state index contributed by atoms with van der Waals surface area (Å²) in [6.07, 6.45) is 0. The monoisotopic (exact) mass is 591 g/mol. The van der Waals surface area contributed by atoms with Gasteiger partial charge in [-0.2, -0.15) is 0 Å². The Morgan fingerprint density at radius 3 is 1.76 bits per heavy atom. The van der Waals surface area contributed by atoms with Gasteiger partial charge in [0.2, 0.25) is 0 Å². The van der Waals surface area contributed by atoms with Crippen LogP contribution < -0.4 is 0 Å². The van der Waals surface area contributed by atoms with Crippen LogP contribution in [0.4, 0.5) is 0 Å². The molecule has 0 spiro atoms. The van der Waals surface area contributed by atoms with E-state index < -0.39 is 0 Å². The second-order valence-electron chi connectivity index (χ2n) is 12.5. The highest BCUT2D eigenvalue weighted by molar-refractivity contribution is 6.12. The van der Waals surface area contributed by atoms with Gasteiger partial charge in [-0.05, 0) is 57.6 Å². The first-order valence-electron chi connectivity index (χ1n) is 15.6. The molecule has 0 N–H and O–H groups in total. The Balaban J connectivity index is 1.23. The van der Waals surface area contributed by atoms with Crippen molar-refractivity contribution in [2.45, 2.75) is 19.3 Å². The zero-order valence-corrected chi connectivity index (χ0v) is 25.5. The van der Waals surface area contributed by atoms with Crippen LogP contribution in [-0.4, -0.2) is 15.0 Å². The molecule has 1 aliphatic rings. The molecule has 0 bridgehead atoms. The van der Waals surface area contributed by atoms with Crippen molar-refractivity contribution in [3.8, 4) is 56.4 Å². The van der Waals surface area contributed by atoms with E-state index in [1.165, 1.54) is 27.8 Å². The maximum atomic E-state index is 6.41. The summed E-state index contributed by atoms with van der Waals surface area (Å²) in [5, 5.41) is 2.03. The lowest BCUT2D eigenvalue weighted by atomic mass is 9.82. The van der Waals surface area contributed by atoms with Gasteiger partial charge in [-0.1, -0.05) is 129 Å². The van der Waals surface area contributed by atoms with Crippen LogP contribution in [0.3, 0.4) is 0 Å². The molecule has 4 nitrogen and oxygen atoms in total. The zero-order valence-electron chi connectivity index (χ0n) is 25.5. The Kier molecular flexibility index (Phi) is 5.81. The molecule has 0 saturated heterocycles. The first kappa shape index (κ1) is 26.5. The smallest absolute Gasteiger partial charge is 0.164 e. The molecular formula is C42H29N3O. The van der Waals surface area contributed by atoms with E-state index in [4.69, 9.17) is 19.4 Å². The van der Waals surface area contributed by atoms with Crippen LogP contribution in [0.5, 0.6) is 0 Å². The number of aromatic nitrogens is 3. The van der Waals surface area contributed by atoms with E-state index in [0.29, 0.717) is 17.5 Å². The molecule has 0 fully saturated rings. The van der Waals surface area contributed by atoms with Gasteiger partial charge in [0, 0.05) is 32.9 Å². The molecular weight excluding hydrogens is 562 g/mol. The highest BCUT2D eigenvalue weighted by Crippen LogP contribution is 2.49. The van der Waals surface area contributed by atoms with Gasteiger partial charge in [-0.15, -0.1) is 0 Å². The lowest BCUT2D eigenvalue weighted by Gasteiger charge is -2.21. The summed E-state index contributed by atoms with van der Waals surface area (Å²) >= 11 is 0. The summed E-state index contributed by atoms with van der Waals surface area (Å²) < 4.78 is 6.41. The van der Waals surface area contributed by atoms with Crippen molar-refractivity contribution in [1.82, 2.24) is 15.0 Å². The van der Waals surface area contributed by atoms with Crippen molar-refractivity contribution >= 4 is 21.9 Å². The third-order valence-electron chi connectivity index (χ3n) is 9.35. The molecule has 218 valence electrons. The minimum absolute atomic E-state index is 0.0220. The van der Waals surface area contributed by atoms with Crippen molar-refractivity contribution in [2.24, 2.45) is 0 Å². The van der Waals surface area contributed by atoms with Crippen molar-refractivity contribution in [1.29, 1.82) is 0 Å². The van der Waals surface area contributed by atoms with Gasteiger partial charge >= 0.3 is 0 Å². The van der Waals surface area contributed by atoms with Gasteiger partial charge < -0.3 is 4.42 Å². The minimum Gasteiger partial charge on any atom is -0.456 e. The van der Waals surface area contributed by atoms with E-state index in [2.05, 4.69) is 80.6 Å². The van der Waals surface area contributed by atoms with Gasteiger partial charge in [0.05, 0.1) is 0 Å². The van der Waals surface area contributed by atoms with Crippen molar-refractivity contribution in [3.63, 3.8) is 0 Å². The third-order valence-corrected chi connectivity index (χ3v) is 9.35. The second kappa shape index (κ2) is 10.1. The highest BCUT2D eigenvalue weighted by atomic mass is 16.3. The van der Waals surface area contributed by atoms with Gasteiger partial charge in [0.25, 0.3) is 0 Å². The van der Waals surface area contributed by atoms with Gasteiger partial charge in [-0.3, -0.25) is 0 Å². The largest absolute Gasteiger partial charge is 0.456 e. The van der Waals surface area contributed by atoms with E-state index in [9.17, 15) is 0 Å². The summed E-state index contributed by atoms with van der Waals surface area (Å²) in [5.74, 6) is 1.88. The van der Waals surface area contributed by atoms with Crippen LogP contribution in [0.15, 0.2) is 144 Å². The van der Waals surface area contributed by atoms with Crippen LogP contribution in [0, 0.1) is 0 Å². The van der Waals surface area contributed by atoms with E-state index in [1.54, 1.807) is 0 Å². The molecule has 8 aromatic rings. The number of rotatable bonds is 4. The Bertz CT molecular complexity index is 2380. The maximum Gasteiger partial charge on any atom is 0.164 e. The Labute approximate surface area is 267 Å². The van der Waals surface area contributed by atoms with Crippen LogP contribution >= 0.6 is 0 Å². The van der Waals surface area contributed by atoms with E-state index in [0.717, 1.165) is 44.2 Å². The molecule has 9 rings (SSSR count). The highest BCUT2D eigenvalue weighted by Gasteiger charge is 2.35. The molecule has 0 radical (unpaired) electrons. The third kappa shape index (κ3) is 4.11. The summed E-state index contributed by atoms with van der Waals surface area (Å²) in [6, 6.07) is 48.4. The van der Waals surface area contributed by atoms with Crippen LogP contribution in [0.1, 0.15) is 25.0 Å². The normalized spacial score (nSPS) is 13.2. The molecule has 4 heteroatoms. The van der Waals surface area contributed by atoms with Crippen molar-refractivity contribution in [3.05, 3.63) is 151 Å². The lowest BCUT2D eigenvalue weighted by molar-refractivity contribution is 0.660. The molecule has 0 aliphatic heterocycles. The second-order valence-corrected chi connectivity index (χ2v) is 12.5. The summed E-state index contributed by atoms with van der Waals surface area (Å²) in [6.45, 7) is 4.63. The van der Waals surface area contributed by atoms with Gasteiger partial charge in [-0.25, -0.2) is 15.0 Å². The molecule has 2 aromatic heterocycles. The van der Waals surface area contributed by atoms with Crippen molar-refractivity contribution in [2.75, 3.05) is 0 Å². The molecule has 6 aromatic carbocycles. The van der Waals surface area contributed by atoms with Crippen LogP contribution in [0.2, 0.25) is 0 Å². The minimum atomic E-state index is -0.0220. The molecule has 2 heterocycles. The predicted molar refractivity (Wildman–Crippen MR) is 186 cm³/mol. The molecule has 46 heavy (non-hydrogen) atoms. The summed E-state index contributed by atoms with van der Waals surface area (Å²) in [4.78, 5) is 14.9. The number of furan rings is 1. The van der Waals surface area contributed by atoms with Crippen molar-refractivity contribution < 1.29 is 4.42 Å².